The summed E-state index contributed by atoms with van der Waals surface area (Å²) < 4.78 is 7.48. The number of esters is 1. The van der Waals surface area contributed by atoms with Crippen molar-refractivity contribution in [3.63, 3.8) is 0 Å². The van der Waals surface area contributed by atoms with E-state index < -0.39 is 5.97 Å². The van der Waals surface area contributed by atoms with Crippen LogP contribution in [0.2, 0.25) is 0 Å². The number of rotatable bonds is 2. The minimum absolute atomic E-state index is 0.0229. The fourth-order valence-electron chi connectivity index (χ4n) is 1.63. The minimum Gasteiger partial charge on any atom is -0.463 e. The summed E-state index contributed by atoms with van der Waals surface area (Å²) in [5.74, 6) is 0.414. The lowest BCUT2D eigenvalue weighted by Crippen LogP contribution is -2.09. The van der Waals surface area contributed by atoms with E-state index in [9.17, 15) is 4.79 Å². The third kappa shape index (κ3) is 1.80. The molecule has 0 atom stereocenters. The lowest BCUT2D eigenvalue weighted by Gasteiger charge is -2.03. The van der Waals surface area contributed by atoms with Gasteiger partial charge in [-0.05, 0) is 6.92 Å². The quantitative estimate of drug-likeness (QED) is 0.587. The predicted octanol–water partition coefficient (Wildman–Crippen LogP) is -0.200. The van der Waals surface area contributed by atoms with Crippen molar-refractivity contribution in [3.8, 4) is 5.82 Å². The van der Waals surface area contributed by atoms with E-state index in [-0.39, 0.29) is 5.82 Å². The first-order valence-corrected chi connectivity index (χ1v) is 5.37. The molecule has 0 radical (unpaired) electrons. The Labute approximate surface area is 106 Å². The van der Waals surface area contributed by atoms with Gasteiger partial charge in [0, 0.05) is 11.8 Å². The molecule has 0 bridgehead atoms. The summed E-state index contributed by atoms with van der Waals surface area (Å²) in [5, 5.41) is 8.09. The maximum absolute atomic E-state index is 11.3. The van der Waals surface area contributed by atoms with Crippen molar-refractivity contribution < 1.29 is 9.53 Å². The van der Waals surface area contributed by atoms with Crippen molar-refractivity contribution in [1.82, 2.24) is 34.3 Å². The molecular weight excluding hydrogens is 250 g/mol. The van der Waals surface area contributed by atoms with Gasteiger partial charge in [-0.25, -0.2) is 19.4 Å². The average Bonchev–Trinajstić information content (AvgIpc) is 3.05. The number of aryl methyl sites for hydroxylation is 1. The van der Waals surface area contributed by atoms with Gasteiger partial charge in [0.1, 0.15) is 12.7 Å². The second-order valence-electron chi connectivity index (χ2n) is 3.73. The summed E-state index contributed by atoms with van der Waals surface area (Å²) in [6.07, 6.45) is 2.80. The van der Waals surface area contributed by atoms with E-state index >= 15 is 0 Å². The fraction of sp³-hybridized carbons (Fsp3) is 0.200. The van der Waals surface area contributed by atoms with Gasteiger partial charge in [-0.2, -0.15) is 14.6 Å². The first kappa shape index (κ1) is 11.3. The molecule has 3 aromatic rings. The second kappa shape index (κ2) is 4.12. The smallest absolute Gasteiger partial charge is 0.377 e. The third-order valence-electron chi connectivity index (χ3n) is 2.46. The van der Waals surface area contributed by atoms with Crippen LogP contribution in [0.15, 0.2) is 18.7 Å². The van der Waals surface area contributed by atoms with Crippen LogP contribution in [-0.4, -0.2) is 47.4 Å². The van der Waals surface area contributed by atoms with Crippen LogP contribution in [0.1, 0.15) is 16.3 Å². The fourth-order valence-corrected chi connectivity index (χ4v) is 1.63. The Morgan fingerprint density at radius 3 is 3.00 bits per heavy atom. The van der Waals surface area contributed by atoms with E-state index in [1.54, 1.807) is 6.07 Å². The summed E-state index contributed by atoms with van der Waals surface area (Å²) >= 11 is 0. The Kier molecular flexibility index (Phi) is 2.44. The molecule has 3 heterocycles. The molecule has 0 saturated heterocycles. The summed E-state index contributed by atoms with van der Waals surface area (Å²) in [6, 6.07) is 1.76. The minimum atomic E-state index is -0.598. The zero-order valence-electron chi connectivity index (χ0n) is 10.2. The highest BCUT2D eigenvalue weighted by atomic mass is 16.5. The van der Waals surface area contributed by atoms with Crippen LogP contribution >= 0.6 is 0 Å². The molecule has 96 valence electrons. The molecule has 19 heavy (non-hydrogen) atoms. The van der Waals surface area contributed by atoms with E-state index in [0.717, 1.165) is 5.69 Å². The van der Waals surface area contributed by atoms with Gasteiger partial charge < -0.3 is 4.74 Å². The third-order valence-corrected chi connectivity index (χ3v) is 2.46. The van der Waals surface area contributed by atoms with Crippen molar-refractivity contribution in [3.05, 3.63) is 30.2 Å². The lowest BCUT2D eigenvalue weighted by molar-refractivity contribution is 0.0587. The van der Waals surface area contributed by atoms with Gasteiger partial charge in [0.25, 0.3) is 11.6 Å². The Balaban J connectivity index is 2.16. The second-order valence-corrected chi connectivity index (χ2v) is 3.73. The number of carbonyl (C=O) groups is 1. The number of hydrogen-bond acceptors (Lipinski definition) is 7. The van der Waals surface area contributed by atoms with Crippen LogP contribution in [0, 0.1) is 6.92 Å². The molecule has 3 aromatic heterocycles. The van der Waals surface area contributed by atoms with Gasteiger partial charge in [0.2, 0.25) is 0 Å². The number of ether oxygens (including phenoxy) is 1. The van der Waals surface area contributed by atoms with Crippen molar-refractivity contribution in [2.75, 3.05) is 7.11 Å². The Hall–Kier alpha value is -2.84. The molecule has 0 unspecified atom stereocenters. The lowest BCUT2D eigenvalue weighted by atomic mass is 10.4. The first-order chi connectivity index (χ1) is 9.19. The van der Waals surface area contributed by atoms with Crippen LogP contribution in [0.5, 0.6) is 0 Å². The summed E-state index contributed by atoms with van der Waals surface area (Å²) in [6.45, 7) is 1.83. The monoisotopic (exact) mass is 259 g/mol. The van der Waals surface area contributed by atoms with E-state index in [4.69, 9.17) is 0 Å². The molecule has 9 heteroatoms. The molecule has 0 aliphatic carbocycles. The van der Waals surface area contributed by atoms with Crippen molar-refractivity contribution in [1.29, 1.82) is 0 Å². The first-order valence-electron chi connectivity index (χ1n) is 5.37. The van der Waals surface area contributed by atoms with Gasteiger partial charge in [0.15, 0.2) is 5.82 Å². The number of methoxy groups -OCH3 is 1. The highest BCUT2D eigenvalue weighted by Crippen LogP contribution is 2.09. The number of fused-ring (bicyclic) bond motifs is 1. The summed E-state index contributed by atoms with van der Waals surface area (Å²) in [5.41, 5.74) is 0.755. The molecule has 0 aliphatic heterocycles. The number of nitrogens with zero attached hydrogens (tertiary/aromatic N) is 7. The molecule has 0 amide bonds. The summed E-state index contributed by atoms with van der Waals surface area (Å²) in [4.78, 5) is 23.4. The summed E-state index contributed by atoms with van der Waals surface area (Å²) in [7, 11) is 1.27. The van der Waals surface area contributed by atoms with Crippen LogP contribution in [-0.2, 0) is 4.74 Å². The van der Waals surface area contributed by atoms with E-state index in [2.05, 4.69) is 29.9 Å². The Morgan fingerprint density at radius 2 is 2.21 bits per heavy atom. The topological polar surface area (TPSA) is 100 Å². The largest absolute Gasteiger partial charge is 0.463 e. The maximum atomic E-state index is 11.3. The van der Waals surface area contributed by atoms with Gasteiger partial charge in [-0.1, -0.05) is 0 Å². The van der Waals surface area contributed by atoms with E-state index in [1.165, 1.54) is 29.0 Å². The Bertz CT molecular complexity index is 760. The Morgan fingerprint density at radius 1 is 1.37 bits per heavy atom. The molecule has 0 N–H and O–H groups in total. The van der Waals surface area contributed by atoms with Crippen LogP contribution in [0.4, 0.5) is 0 Å². The maximum Gasteiger partial charge on any atom is 0.377 e. The standard InChI is InChI=1S/C10H9N7O2/c1-6-3-7(17-10(14-6)11-4-13-17)16-5-12-8(15-16)9(18)19-2/h3-5H,1-2H3. The normalized spacial score (nSPS) is 10.8. The molecule has 0 fully saturated rings. The molecule has 0 saturated carbocycles. The van der Waals surface area contributed by atoms with Crippen molar-refractivity contribution in [2.45, 2.75) is 6.92 Å². The number of hydrogen-bond donors (Lipinski definition) is 0. The molecular formula is C10H9N7O2. The average molecular weight is 259 g/mol. The van der Waals surface area contributed by atoms with Gasteiger partial charge in [-0.3, -0.25) is 0 Å². The van der Waals surface area contributed by atoms with Crippen molar-refractivity contribution in [2.24, 2.45) is 0 Å². The zero-order valence-corrected chi connectivity index (χ0v) is 10.2. The zero-order chi connectivity index (χ0) is 13.4. The molecule has 9 nitrogen and oxygen atoms in total. The molecule has 3 rings (SSSR count). The van der Waals surface area contributed by atoms with Crippen LogP contribution in [0.25, 0.3) is 11.6 Å². The van der Waals surface area contributed by atoms with E-state index in [0.29, 0.717) is 11.6 Å². The van der Waals surface area contributed by atoms with Gasteiger partial charge in [0.05, 0.1) is 7.11 Å². The molecule has 0 aliphatic rings. The predicted molar refractivity (Wildman–Crippen MR) is 61.8 cm³/mol. The highest BCUT2D eigenvalue weighted by Gasteiger charge is 2.14. The molecule has 0 aromatic carbocycles. The number of aromatic nitrogens is 7. The SMILES string of the molecule is COC(=O)c1ncn(-c2cc(C)nc3ncnn23)n1. The van der Waals surface area contributed by atoms with Gasteiger partial charge in [-0.15, -0.1) is 5.10 Å². The molecule has 0 spiro atoms. The van der Waals surface area contributed by atoms with Gasteiger partial charge >= 0.3 is 5.97 Å². The number of carbonyl (C=O) groups excluding carboxylic acids is 1. The van der Waals surface area contributed by atoms with Crippen LogP contribution < -0.4 is 0 Å². The van der Waals surface area contributed by atoms with Crippen molar-refractivity contribution >= 4 is 11.7 Å². The van der Waals surface area contributed by atoms with E-state index in [1.807, 2.05) is 6.92 Å². The van der Waals surface area contributed by atoms with Crippen LogP contribution in [0.3, 0.4) is 0 Å². The highest BCUT2D eigenvalue weighted by molar-refractivity contribution is 5.84.